The second-order valence-corrected chi connectivity index (χ2v) is 10.3. The molecule has 8 heteroatoms. The summed E-state index contributed by atoms with van der Waals surface area (Å²) in [6, 6.07) is 2.90. The predicted molar refractivity (Wildman–Crippen MR) is 89.1 cm³/mol. The maximum absolute atomic E-state index is 13.1. The van der Waals surface area contributed by atoms with Crippen molar-refractivity contribution in [3.8, 4) is 0 Å². The molecule has 0 radical (unpaired) electrons. The summed E-state index contributed by atoms with van der Waals surface area (Å²) < 4.78 is 34.2. The van der Waals surface area contributed by atoms with Crippen LogP contribution in [0.2, 0.25) is 4.34 Å². The maximum atomic E-state index is 13.1. The van der Waals surface area contributed by atoms with Crippen LogP contribution < -0.4 is 0 Å². The molecule has 0 amide bonds. The Morgan fingerprint density at radius 3 is 2.52 bits per heavy atom. The number of halogens is 1. The van der Waals surface area contributed by atoms with Crippen LogP contribution in [0.15, 0.2) is 16.3 Å². The van der Waals surface area contributed by atoms with Crippen molar-refractivity contribution in [2.45, 2.75) is 55.5 Å². The predicted octanol–water partition coefficient (Wildman–Crippen LogP) is 3.29. The van der Waals surface area contributed by atoms with Crippen molar-refractivity contribution >= 4 is 38.7 Å². The number of hydrogen-bond donors (Lipinski definition) is 0. The van der Waals surface area contributed by atoms with E-state index in [4.69, 9.17) is 16.3 Å². The fourth-order valence-electron chi connectivity index (χ4n) is 3.50. The van der Waals surface area contributed by atoms with Crippen LogP contribution in [0.4, 0.5) is 0 Å². The van der Waals surface area contributed by atoms with E-state index >= 15 is 0 Å². The first-order valence-electron chi connectivity index (χ1n) is 7.67. The fourth-order valence-corrected chi connectivity index (χ4v) is 7.00. The Morgan fingerprint density at radius 2 is 1.96 bits per heavy atom. The molecular weight excluding hydrogens is 358 g/mol. The molecule has 1 unspecified atom stereocenters. The lowest BCUT2D eigenvalue weighted by Gasteiger charge is -2.36. The number of carbonyl (C=O) groups excluding carboxylic acids is 1. The topological polar surface area (TPSA) is 63.7 Å². The van der Waals surface area contributed by atoms with E-state index in [-0.39, 0.29) is 22.0 Å². The third-order valence-electron chi connectivity index (χ3n) is 4.63. The van der Waals surface area contributed by atoms with Gasteiger partial charge in [0, 0.05) is 12.8 Å². The van der Waals surface area contributed by atoms with Gasteiger partial charge in [-0.3, -0.25) is 4.79 Å². The Bertz CT molecular complexity index is 703. The third-order valence-corrected chi connectivity index (χ3v) is 8.41. The zero-order valence-electron chi connectivity index (χ0n) is 13.1. The summed E-state index contributed by atoms with van der Waals surface area (Å²) in [5.74, 6) is 0.415. The molecule has 2 fully saturated rings. The Labute approximate surface area is 145 Å². The maximum Gasteiger partial charge on any atom is 0.255 e. The monoisotopic (exact) mass is 377 g/mol. The second kappa shape index (κ2) is 6.11. The molecule has 0 bridgehead atoms. The van der Waals surface area contributed by atoms with Gasteiger partial charge < -0.3 is 4.74 Å². The zero-order valence-corrected chi connectivity index (χ0v) is 15.5. The van der Waals surface area contributed by atoms with Crippen molar-refractivity contribution in [2.24, 2.45) is 5.92 Å². The molecule has 0 N–H and O–H groups in total. The third kappa shape index (κ3) is 3.22. The van der Waals surface area contributed by atoms with Gasteiger partial charge >= 0.3 is 0 Å². The molecular formula is C15H20ClNO4S2. The lowest BCUT2D eigenvalue weighted by atomic mass is 9.83. The summed E-state index contributed by atoms with van der Waals surface area (Å²) in [6.45, 7) is 3.91. The molecule has 1 aromatic heterocycles. The fraction of sp³-hybridized carbons (Fsp3) is 0.667. The van der Waals surface area contributed by atoms with Gasteiger partial charge in [-0.2, -0.15) is 4.31 Å². The molecule has 1 atom stereocenters. The second-order valence-electron chi connectivity index (χ2n) is 6.56. The molecule has 1 saturated heterocycles. The van der Waals surface area contributed by atoms with E-state index < -0.39 is 15.7 Å². The zero-order chi connectivity index (χ0) is 16.8. The quantitative estimate of drug-likeness (QED) is 0.810. The van der Waals surface area contributed by atoms with Crippen molar-refractivity contribution in [3.05, 3.63) is 16.5 Å². The number of hydrogen-bond acceptors (Lipinski definition) is 5. The van der Waals surface area contributed by atoms with Crippen LogP contribution in [0.5, 0.6) is 0 Å². The normalized spacial score (nSPS) is 26.7. The lowest BCUT2D eigenvalue weighted by Crippen LogP contribution is -2.50. The van der Waals surface area contributed by atoms with Crippen LogP contribution in [0.3, 0.4) is 0 Å². The minimum atomic E-state index is -3.68. The molecule has 1 aliphatic heterocycles. The van der Waals surface area contributed by atoms with Gasteiger partial charge in [-0.25, -0.2) is 8.42 Å². The van der Waals surface area contributed by atoms with Crippen LogP contribution in [-0.2, 0) is 19.6 Å². The van der Waals surface area contributed by atoms with E-state index in [1.807, 2.05) is 0 Å². The number of rotatable bonds is 3. The number of carbonyl (C=O) groups is 1. The van der Waals surface area contributed by atoms with Gasteiger partial charge in [0.25, 0.3) is 10.0 Å². The van der Waals surface area contributed by atoms with Gasteiger partial charge in [0.05, 0.1) is 17.0 Å². The highest BCUT2D eigenvalue weighted by Crippen LogP contribution is 2.41. The van der Waals surface area contributed by atoms with Gasteiger partial charge in [0.2, 0.25) is 0 Å². The molecule has 128 valence electrons. The summed E-state index contributed by atoms with van der Waals surface area (Å²) in [7, 11) is -3.68. The molecule has 23 heavy (non-hydrogen) atoms. The Kier molecular flexibility index (Phi) is 4.61. The molecule has 1 saturated carbocycles. The van der Waals surface area contributed by atoms with Crippen LogP contribution >= 0.6 is 22.9 Å². The van der Waals surface area contributed by atoms with Crippen LogP contribution in [-0.4, -0.2) is 36.9 Å². The SMILES string of the molecule is CC1(C)OCC(C2CCC(=O)CC2)N1S(=O)(=O)c1ccc(Cl)s1. The van der Waals surface area contributed by atoms with Crippen molar-refractivity contribution < 1.29 is 17.9 Å². The molecule has 2 aliphatic rings. The highest BCUT2D eigenvalue weighted by molar-refractivity contribution is 7.91. The van der Waals surface area contributed by atoms with Crippen molar-refractivity contribution in [1.82, 2.24) is 4.31 Å². The number of nitrogens with zero attached hydrogens (tertiary/aromatic N) is 1. The molecule has 1 aromatic rings. The van der Waals surface area contributed by atoms with Gasteiger partial charge in [-0.05, 0) is 44.7 Å². The number of sulfonamides is 1. The van der Waals surface area contributed by atoms with E-state index in [2.05, 4.69) is 0 Å². The molecule has 3 rings (SSSR count). The summed E-state index contributed by atoms with van der Waals surface area (Å²) >= 11 is 6.97. The number of ether oxygens (including phenoxy) is 1. The summed E-state index contributed by atoms with van der Waals surface area (Å²) in [4.78, 5) is 11.5. The minimum absolute atomic E-state index is 0.152. The van der Waals surface area contributed by atoms with Crippen LogP contribution in [0.1, 0.15) is 39.5 Å². The van der Waals surface area contributed by atoms with Crippen molar-refractivity contribution in [1.29, 1.82) is 0 Å². The molecule has 5 nitrogen and oxygen atoms in total. The average molecular weight is 378 g/mol. The van der Waals surface area contributed by atoms with E-state index in [0.717, 1.165) is 24.2 Å². The average Bonchev–Trinajstić information content (AvgIpc) is 3.03. The van der Waals surface area contributed by atoms with E-state index in [0.29, 0.717) is 23.8 Å². The lowest BCUT2D eigenvalue weighted by molar-refractivity contribution is -0.121. The highest BCUT2D eigenvalue weighted by atomic mass is 35.5. The molecule has 0 spiro atoms. The largest absolute Gasteiger partial charge is 0.358 e. The Morgan fingerprint density at radius 1 is 1.30 bits per heavy atom. The first kappa shape index (κ1) is 17.4. The first-order valence-corrected chi connectivity index (χ1v) is 10.3. The Hall–Kier alpha value is -0.470. The molecule has 2 heterocycles. The Balaban J connectivity index is 1.94. The number of Topliss-reactive ketones (excluding diaryl/α,β-unsaturated/α-hetero) is 1. The van der Waals surface area contributed by atoms with E-state index in [1.54, 1.807) is 19.9 Å². The van der Waals surface area contributed by atoms with E-state index in [1.165, 1.54) is 10.4 Å². The highest BCUT2D eigenvalue weighted by Gasteiger charge is 2.51. The van der Waals surface area contributed by atoms with Crippen LogP contribution in [0, 0.1) is 5.92 Å². The molecule has 0 aromatic carbocycles. The van der Waals surface area contributed by atoms with Crippen LogP contribution in [0.25, 0.3) is 0 Å². The van der Waals surface area contributed by atoms with Gasteiger partial charge in [-0.15, -0.1) is 11.3 Å². The summed E-state index contributed by atoms with van der Waals surface area (Å²) in [5, 5.41) is 0. The first-order chi connectivity index (χ1) is 10.7. The number of ketones is 1. The van der Waals surface area contributed by atoms with Gasteiger partial charge in [0.15, 0.2) is 0 Å². The van der Waals surface area contributed by atoms with Crippen molar-refractivity contribution in [3.63, 3.8) is 0 Å². The smallest absolute Gasteiger partial charge is 0.255 e. The van der Waals surface area contributed by atoms with Gasteiger partial charge in [0.1, 0.15) is 15.7 Å². The van der Waals surface area contributed by atoms with Gasteiger partial charge in [-0.1, -0.05) is 11.6 Å². The van der Waals surface area contributed by atoms with E-state index in [9.17, 15) is 13.2 Å². The summed E-state index contributed by atoms with van der Waals surface area (Å²) in [6.07, 6.45) is 2.50. The summed E-state index contributed by atoms with van der Waals surface area (Å²) in [5.41, 5.74) is -0.901. The number of thiophene rings is 1. The standard InChI is InChI=1S/C15H20ClNO4S2/c1-15(2)17(23(19,20)14-8-7-13(16)22-14)12(9-21-15)10-3-5-11(18)6-4-10/h7-8,10,12H,3-6,9H2,1-2H3. The van der Waals surface area contributed by atoms with Crippen molar-refractivity contribution in [2.75, 3.05) is 6.61 Å². The molecule has 1 aliphatic carbocycles. The minimum Gasteiger partial charge on any atom is -0.358 e.